The lowest BCUT2D eigenvalue weighted by Crippen LogP contribution is -2.32. The van der Waals surface area contributed by atoms with Gasteiger partial charge < -0.3 is 14.9 Å². The number of carboxylic acids is 1. The second-order valence-corrected chi connectivity index (χ2v) is 5.06. The Labute approximate surface area is 116 Å². The summed E-state index contributed by atoms with van der Waals surface area (Å²) in [7, 11) is 1.61. The molecule has 0 spiro atoms. The van der Waals surface area contributed by atoms with E-state index in [1.54, 1.807) is 7.05 Å². The van der Waals surface area contributed by atoms with E-state index in [1.165, 1.54) is 17.7 Å². The molecule has 0 saturated carbocycles. The fourth-order valence-electron chi connectivity index (χ4n) is 2.46. The molecule has 6 heteroatoms. The number of rotatable bonds is 5. The first-order valence-corrected chi connectivity index (χ1v) is 6.65. The Hall–Kier alpha value is -1.69. The summed E-state index contributed by atoms with van der Waals surface area (Å²) in [5, 5.41) is 8.76. The van der Waals surface area contributed by atoms with Crippen LogP contribution in [0.25, 0.3) is 0 Å². The van der Waals surface area contributed by atoms with Gasteiger partial charge in [-0.05, 0) is 38.1 Å². The van der Waals surface area contributed by atoms with Crippen LogP contribution in [0.15, 0.2) is 12.1 Å². The molecule has 110 valence electrons. The zero-order valence-corrected chi connectivity index (χ0v) is 11.4. The predicted molar refractivity (Wildman–Crippen MR) is 72.3 cm³/mol. The first-order valence-electron chi connectivity index (χ1n) is 6.65. The molecule has 1 N–H and O–H groups in total. The molecule has 1 heterocycles. The van der Waals surface area contributed by atoms with Crippen LogP contribution < -0.4 is 4.90 Å². The molecule has 0 amide bonds. The number of nitrogens with zero attached hydrogens (tertiary/aromatic N) is 2. The van der Waals surface area contributed by atoms with Crippen molar-refractivity contribution < 1.29 is 18.7 Å². The largest absolute Gasteiger partial charge is 0.478 e. The van der Waals surface area contributed by atoms with E-state index >= 15 is 0 Å². The summed E-state index contributed by atoms with van der Waals surface area (Å²) in [6.45, 7) is 3.30. The van der Waals surface area contributed by atoms with Gasteiger partial charge in [-0.1, -0.05) is 0 Å². The summed E-state index contributed by atoms with van der Waals surface area (Å²) in [6.07, 6.45) is 2.33. The van der Waals surface area contributed by atoms with Gasteiger partial charge in [-0.2, -0.15) is 0 Å². The normalized spacial score (nSPS) is 15.6. The molecule has 1 aromatic rings. The number of aromatic carboxylic acids is 1. The second-order valence-electron chi connectivity index (χ2n) is 5.06. The van der Waals surface area contributed by atoms with Crippen molar-refractivity contribution >= 4 is 11.7 Å². The first-order chi connectivity index (χ1) is 9.49. The summed E-state index contributed by atoms with van der Waals surface area (Å²) < 4.78 is 27.7. The average Bonchev–Trinajstić information content (AvgIpc) is 2.88. The number of likely N-dealkylation sites (N-methyl/N-ethyl adjacent to an activating group) is 1. The molecule has 0 bridgehead atoms. The van der Waals surface area contributed by atoms with Gasteiger partial charge in [0.15, 0.2) is 0 Å². The maximum absolute atomic E-state index is 13.9. The Morgan fingerprint density at radius 2 is 1.85 bits per heavy atom. The van der Waals surface area contributed by atoms with E-state index in [2.05, 4.69) is 4.90 Å². The van der Waals surface area contributed by atoms with E-state index in [4.69, 9.17) is 5.11 Å². The van der Waals surface area contributed by atoms with Crippen molar-refractivity contribution in [2.45, 2.75) is 12.8 Å². The smallest absolute Gasteiger partial charge is 0.335 e. The maximum atomic E-state index is 13.9. The predicted octanol–water partition coefficient (Wildman–Crippen LogP) is 2.19. The Bertz CT molecular complexity index is 479. The highest BCUT2D eigenvalue weighted by Crippen LogP contribution is 2.24. The molecule has 0 aliphatic carbocycles. The Balaban J connectivity index is 2.08. The van der Waals surface area contributed by atoms with E-state index in [0.29, 0.717) is 6.54 Å². The average molecular weight is 284 g/mol. The SMILES string of the molecule is CN(CCN1CCCC1)c1c(F)cc(C(=O)O)cc1F. The topological polar surface area (TPSA) is 43.8 Å². The number of carbonyl (C=O) groups is 1. The Morgan fingerprint density at radius 3 is 2.35 bits per heavy atom. The number of likely N-dealkylation sites (tertiary alicyclic amines) is 1. The van der Waals surface area contributed by atoms with E-state index in [-0.39, 0.29) is 11.3 Å². The summed E-state index contributed by atoms with van der Waals surface area (Å²) >= 11 is 0. The molecule has 1 fully saturated rings. The van der Waals surface area contributed by atoms with Crippen molar-refractivity contribution in [2.75, 3.05) is 38.1 Å². The van der Waals surface area contributed by atoms with Crippen LogP contribution in [-0.2, 0) is 0 Å². The molecule has 2 rings (SSSR count). The van der Waals surface area contributed by atoms with Crippen LogP contribution in [-0.4, -0.2) is 49.2 Å². The first kappa shape index (κ1) is 14.7. The monoisotopic (exact) mass is 284 g/mol. The van der Waals surface area contributed by atoms with Crippen molar-refractivity contribution in [3.8, 4) is 0 Å². The number of anilines is 1. The van der Waals surface area contributed by atoms with Crippen LogP contribution in [0, 0.1) is 11.6 Å². The van der Waals surface area contributed by atoms with Gasteiger partial charge in [-0.3, -0.25) is 0 Å². The molecule has 0 aromatic heterocycles. The van der Waals surface area contributed by atoms with Crippen molar-refractivity contribution in [3.63, 3.8) is 0 Å². The minimum atomic E-state index is -1.34. The van der Waals surface area contributed by atoms with Crippen LogP contribution in [0.3, 0.4) is 0 Å². The van der Waals surface area contributed by atoms with Gasteiger partial charge in [0.25, 0.3) is 0 Å². The van der Waals surface area contributed by atoms with Crippen molar-refractivity contribution in [2.24, 2.45) is 0 Å². The number of halogens is 2. The van der Waals surface area contributed by atoms with E-state index in [0.717, 1.165) is 31.8 Å². The van der Waals surface area contributed by atoms with E-state index in [1.807, 2.05) is 0 Å². The minimum Gasteiger partial charge on any atom is -0.478 e. The Morgan fingerprint density at radius 1 is 1.30 bits per heavy atom. The third-order valence-electron chi connectivity index (χ3n) is 3.60. The summed E-state index contributed by atoms with van der Waals surface area (Å²) in [6, 6.07) is 1.71. The molecule has 1 saturated heterocycles. The van der Waals surface area contributed by atoms with Gasteiger partial charge in [0, 0.05) is 20.1 Å². The van der Waals surface area contributed by atoms with Gasteiger partial charge >= 0.3 is 5.97 Å². The van der Waals surface area contributed by atoms with Crippen molar-refractivity contribution in [1.29, 1.82) is 0 Å². The van der Waals surface area contributed by atoms with E-state index < -0.39 is 17.6 Å². The number of benzene rings is 1. The number of hydrogen-bond donors (Lipinski definition) is 1. The van der Waals surface area contributed by atoms with Crippen LogP contribution >= 0.6 is 0 Å². The molecule has 0 unspecified atom stereocenters. The van der Waals surface area contributed by atoms with Gasteiger partial charge in [-0.15, -0.1) is 0 Å². The number of hydrogen-bond acceptors (Lipinski definition) is 3. The molecule has 1 aromatic carbocycles. The quantitative estimate of drug-likeness (QED) is 0.900. The molecular formula is C14H18F2N2O2. The van der Waals surface area contributed by atoms with Gasteiger partial charge in [0.2, 0.25) is 0 Å². The molecule has 20 heavy (non-hydrogen) atoms. The third kappa shape index (κ3) is 3.25. The van der Waals surface area contributed by atoms with Crippen molar-refractivity contribution in [1.82, 2.24) is 4.90 Å². The van der Waals surface area contributed by atoms with Gasteiger partial charge in [0.05, 0.1) is 5.56 Å². The number of carboxylic acid groups (broad SMARTS) is 1. The summed E-state index contributed by atoms with van der Waals surface area (Å²) in [5.74, 6) is -3.02. The lowest BCUT2D eigenvalue weighted by molar-refractivity contribution is 0.0695. The lowest BCUT2D eigenvalue weighted by atomic mass is 10.1. The summed E-state index contributed by atoms with van der Waals surface area (Å²) in [5.41, 5.74) is -0.550. The lowest BCUT2D eigenvalue weighted by Gasteiger charge is -2.24. The van der Waals surface area contributed by atoms with Crippen LogP contribution in [0.5, 0.6) is 0 Å². The highest BCUT2D eigenvalue weighted by molar-refractivity contribution is 5.88. The molecule has 0 atom stereocenters. The highest BCUT2D eigenvalue weighted by Gasteiger charge is 2.19. The zero-order chi connectivity index (χ0) is 14.7. The highest BCUT2D eigenvalue weighted by atomic mass is 19.1. The Kier molecular flexibility index (Phi) is 4.54. The van der Waals surface area contributed by atoms with Gasteiger partial charge in [-0.25, -0.2) is 13.6 Å². The van der Waals surface area contributed by atoms with Crippen molar-refractivity contribution in [3.05, 3.63) is 29.3 Å². The van der Waals surface area contributed by atoms with Crippen LogP contribution in [0.4, 0.5) is 14.5 Å². The van der Waals surface area contributed by atoms with Crippen LogP contribution in [0.1, 0.15) is 23.2 Å². The fourth-order valence-corrected chi connectivity index (χ4v) is 2.46. The summed E-state index contributed by atoms with van der Waals surface area (Å²) in [4.78, 5) is 14.5. The van der Waals surface area contributed by atoms with Crippen LogP contribution in [0.2, 0.25) is 0 Å². The minimum absolute atomic E-state index is 0.172. The molecule has 0 radical (unpaired) electrons. The molecular weight excluding hydrogens is 266 g/mol. The van der Waals surface area contributed by atoms with E-state index in [9.17, 15) is 13.6 Å². The fraction of sp³-hybridized carbons (Fsp3) is 0.500. The maximum Gasteiger partial charge on any atom is 0.335 e. The molecule has 1 aliphatic rings. The molecule has 1 aliphatic heterocycles. The standard InChI is InChI=1S/C14H18F2N2O2/c1-17(6-7-18-4-2-3-5-18)13-11(15)8-10(14(19)20)9-12(13)16/h8-9H,2-7H2,1H3,(H,19,20). The zero-order valence-electron chi connectivity index (χ0n) is 11.4. The second kappa shape index (κ2) is 6.17. The van der Waals surface area contributed by atoms with Gasteiger partial charge in [0.1, 0.15) is 17.3 Å². The third-order valence-corrected chi connectivity index (χ3v) is 3.60. The molecule has 4 nitrogen and oxygen atoms in total.